The third kappa shape index (κ3) is 5.45. The van der Waals surface area contributed by atoms with E-state index in [1.165, 1.54) is 30.4 Å². The highest BCUT2D eigenvalue weighted by molar-refractivity contribution is 14.0. The Kier molecular flexibility index (Phi) is 7.48. The number of aryl methyl sites for hydroxylation is 1. The zero-order valence-corrected chi connectivity index (χ0v) is 20.4. The quantitative estimate of drug-likeness (QED) is 0.347. The van der Waals surface area contributed by atoms with Gasteiger partial charge >= 0.3 is 0 Å². The summed E-state index contributed by atoms with van der Waals surface area (Å²) >= 11 is 6.22. The van der Waals surface area contributed by atoms with Crippen molar-refractivity contribution in [1.29, 1.82) is 0 Å². The van der Waals surface area contributed by atoms with Gasteiger partial charge in [0.2, 0.25) is 0 Å². The lowest BCUT2D eigenvalue weighted by molar-refractivity contribution is 0.458. The van der Waals surface area contributed by atoms with Crippen LogP contribution >= 0.6 is 35.6 Å². The second-order valence-corrected chi connectivity index (χ2v) is 8.72. The van der Waals surface area contributed by atoms with Crippen molar-refractivity contribution in [2.24, 2.45) is 18.0 Å². The van der Waals surface area contributed by atoms with E-state index in [1.807, 2.05) is 24.0 Å². The first-order valence-electron chi connectivity index (χ1n) is 10.3. The van der Waals surface area contributed by atoms with Crippen LogP contribution in [0.25, 0.3) is 0 Å². The van der Waals surface area contributed by atoms with Crippen LogP contribution in [-0.4, -0.2) is 46.8 Å². The summed E-state index contributed by atoms with van der Waals surface area (Å²) in [5.74, 6) is 1.72. The molecule has 5 nitrogen and oxygen atoms in total. The van der Waals surface area contributed by atoms with Gasteiger partial charge in [0.05, 0.1) is 12.7 Å². The first-order chi connectivity index (χ1) is 13.6. The highest BCUT2D eigenvalue weighted by Gasteiger charge is 2.44. The molecule has 1 unspecified atom stereocenters. The molecule has 0 radical (unpaired) electrons. The van der Waals surface area contributed by atoms with Crippen LogP contribution in [0.2, 0.25) is 5.02 Å². The van der Waals surface area contributed by atoms with Gasteiger partial charge in [-0.2, -0.15) is 5.10 Å². The fourth-order valence-electron chi connectivity index (χ4n) is 4.26. The SMILES string of the molecule is CCNC(=NCC1(c2cccc(Cl)c2)CC1)N1CCC(Cc2cnn(C)c2)C1.I. The molecule has 158 valence electrons. The van der Waals surface area contributed by atoms with E-state index in [9.17, 15) is 0 Å². The summed E-state index contributed by atoms with van der Waals surface area (Å²) in [5, 5.41) is 8.62. The smallest absolute Gasteiger partial charge is 0.193 e. The summed E-state index contributed by atoms with van der Waals surface area (Å²) in [6.45, 7) is 6.00. The third-order valence-electron chi connectivity index (χ3n) is 6.03. The molecule has 1 saturated heterocycles. The predicted molar refractivity (Wildman–Crippen MR) is 130 cm³/mol. The van der Waals surface area contributed by atoms with Crippen LogP contribution in [0.5, 0.6) is 0 Å². The second-order valence-electron chi connectivity index (χ2n) is 8.29. The van der Waals surface area contributed by atoms with Gasteiger partial charge in [0.1, 0.15) is 0 Å². The number of aromatic nitrogens is 2. The third-order valence-corrected chi connectivity index (χ3v) is 6.26. The molecule has 1 aromatic carbocycles. The number of aliphatic imine (C=N–C) groups is 1. The number of rotatable bonds is 6. The Bertz CT molecular complexity index is 845. The maximum Gasteiger partial charge on any atom is 0.193 e. The number of hydrogen-bond donors (Lipinski definition) is 1. The minimum absolute atomic E-state index is 0. The van der Waals surface area contributed by atoms with Crippen molar-refractivity contribution >= 4 is 41.5 Å². The summed E-state index contributed by atoms with van der Waals surface area (Å²) in [7, 11) is 1.98. The first-order valence-corrected chi connectivity index (χ1v) is 10.7. The second kappa shape index (κ2) is 9.69. The van der Waals surface area contributed by atoms with Gasteiger partial charge in [0.25, 0.3) is 0 Å². The van der Waals surface area contributed by atoms with Gasteiger partial charge in [-0.1, -0.05) is 23.7 Å². The molecule has 1 aromatic heterocycles. The fourth-order valence-corrected chi connectivity index (χ4v) is 4.45. The fraction of sp³-hybridized carbons (Fsp3) is 0.545. The van der Waals surface area contributed by atoms with Gasteiger partial charge in [-0.3, -0.25) is 9.67 Å². The van der Waals surface area contributed by atoms with Crippen molar-refractivity contribution in [2.75, 3.05) is 26.2 Å². The Labute approximate surface area is 195 Å². The number of halogens is 2. The summed E-state index contributed by atoms with van der Waals surface area (Å²) in [4.78, 5) is 7.48. The van der Waals surface area contributed by atoms with Crippen molar-refractivity contribution in [2.45, 2.75) is 38.0 Å². The highest BCUT2D eigenvalue weighted by atomic mass is 127. The molecule has 0 spiro atoms. The van der Waals surface area contributed by atoms with E-state index < -0.39 is 0 Å². The summed E-state index contributed by atoms with van der Waals surface area (Å²) in [5.41, 5.74) is 2.84. The topological polar surface area (TPSA) is 45.5 Å². The van der Waals surface area contributed by atoms with E-state index in [0.29, 0.717) is 5.92 Å². The van der Waals surface area contributed by atoms with Crippen LogP contribution in [0.15, 0.2) is 41.7 Å². The number of guanidine groups is 1. The summed E-state index contributed by atoms with van der Waals surface area (Å²) < 4.78 is 1.89. The van der Waals surface area contributed by atoms with Crippen molar-refractivity contribution in [1.82, 2.24) is 20.0 Å². The molecule has 4 rings (SSSR count). The molecular formula is C22H31ClIN5. The Hall–Kier alpha value is -1.28. The lowest BCUT2D eigenvalue weighted by Crippen LogP contribution is -2.40. The first kappa shape index (κ1) is 22.4. The van der Waals surface area contributed by atoms with Crippen LogP contribution in [0.3, 0.4) is 0 Å². The number of nitrogens with zero attached hydrogens (tertiary/aromatic N) is 4. The minimum atomic E-state index is 0. The summed E-state index contributed by atoms with van der Waals surface area (Å²) in [6, 6.07) is 8.30. The molecule has 1 atom stereocenters. The zero-order chi connectivity index (χ0) is 19.6. The lowest BCUT2D eigenvalue weighted by atomic mass is 9.96. The largest absolute Gasteiger partial charge is 0.357 e. The van der Waals surface area contributed by atoms with Gasteiger partial charge in [-0.15, -0.1) is 24.0 Å². The molecule has 2 fully saturated rings. The van der Waals surface area contributed by atoms with Crippen molar-refractivity contribution in [3.63, 3.8) is 0 Å². The molecular weight excluding hydrogens is 497 g/mol. The number of hydrogen-bond acceptors (Lipinski definition) is 2. The molecule has 1 N–H and O–H groups in total. The standard InChI is InChI=1S/C22H30ClN5.HI/c1-3-24-21(25-16-22(8-9-22)19-5-4-6-20(23)12-19)28-10-7-17(15-28)11-18-13-26-27(2)14-18;/h4-6,12-14,17H,3,7-11,15-16H2,1-2H3,(H,24,25);1H. The van der Waals surface area contributed by atoms with Crippen molar-refractivity contribution < 1.29 is 0 Å². The maximum absolute atomic E-state index is 6.22. The maximum atomic E-state index is 6.22. The molecule has 7 heteroatoms. The normalized spacial score (nSPS) is 20.4. The summed E-state index contributed by atoms with van der Waals surface area (Å²) in [6.07, 6.45) is 8.81. The van der Waals surface area contributed by atoms with Gasteiger partial charge in [-0.25, -0.2) is 0 Å². The molecule has 2 heterocycles. The molecule has 29 heavy (non-hydrogen) atoms. The molecule has 0 bridgehead atoms. The minimum Gasteiger partial charge on any atom is -0.357 e. The number of nitrogens with one attached hydrogen (secondary N) is 1. The average Bonchev–Trinajstić information content (AvgIpc) is 3.15. The molecule has 2 aromatic rings. The highest BCUT2D eigenvalue weighted by Crippen LogP contribution is 2.48. The van der Waals surface area contributed by atoms with Gasteiger partial charge < -0.3 is 10.2 Å². The van der Waals surface area contributed by atoms with E-state index in [4.69, 9.17) is 16.6 Å². The van der Waals surface area contributed by atoms with Crippen LogP contribution in [-0.2, 0) is 18.9 Å². The predicted octanol–water partition coefficient (Wildman–Crippen LogP) is 4.25. The van der Waals surface area contributed by atoms with Gasteiger partial charge in [0.15, 0.2) is 5.96 Å². The molecule has 1 aliphatic carbocycles. The molecule has 1 aliphatic heterocycles. The van der Waals surface area contributed by atoms with Gasteiger partial charge in [0, 0.05) is 43.3 Å². The average molecular weight is 528 g/mol. The van der Waals surface area contributed by atoms with Gasteiger partial charge in [-0.05, 0) is 61.8 Å². The van der Waals surface area contributed by atoms with Crippen LogP contribution in [0.4, 0.5) is 0 Å². The Balaban J connectivity index is 0.00000240. The van der Waals surface area contributed by atoms with Crippen molar-refractivity contribution in [3.8, 4) is 0 Å². The monoisotopic (exact) mass is 527 g/mol. The van der Waals surface area contributed by atoms with E-state index in [-0.39, 0.29) is 29.4 Å². The van der Waals surface area contributed by atoms with Crippen molar-refractivity contribution in [3.05, 3.63) is 52.8 Å². The van der Waals surface area contributed by atoms with E-state index in [0.717, 1.165) is 43.6 Å². The number of likely N-dealkylation sites (tertiary alicyclic amines) is 1. The Morgan fingerprint density at radius 3 is 2.86 bits per heavy atom. The lowest BCUT2D eigenvalue weighted by Gasteiger charge is -2.23. The Morgan fingerprint density at radius 1 is 1.38 bits per heavy atom. The Morgan fingerprint density at radius 2 is 2.21 bits per heavy atom. The van der Waals surface area contributed by atoms with E-state index in [2.05, 4.69) is 46.6 Å². The zero-order valence-electron chi connectivity index (χ0n) is 17.3. The molecule has 2 aliphatic rings. The van der Waals surface area contributed by atoms with Crippen LogP contribution in [0.1, 0.15) is 37.3 Å². The van der Waals surface area contributed by atoms with E-state index in [1.54, 1.807) is 0 Å². The van der Waals surface area contributed by atoms with Crippen LogP contribution < -0.4 is 5.32 Å². The van der Waals surface area contributed by atoms with Crippen LogP contribution in [0, 0.1) is 5.92 Å². The molecule has 1 saturated carbocycles. The number of benzene rings is 1. The molecule has 0 amide bonds. The van der Waals surface area contributed by atoms with E-state index >= 15 is 0 Å².